The van der Waals surface area contributed by atoms with Gasteiger partial charge in [-0.1, -0.05) is 46.3 Å². The molecule has 0 aliphatic rings. The predicted molar refractivity (Wildman–Crippen MR) is 85.2 cm³/mol. The van der Waals surface area contributed by atoms with E-state index in [9.17, 15) is 14.7 Å². The lowest BCUT2D eigenvalue weighted by Gasteiger charge is -2.01. The smallest absolute Gasteiger partial charge is 0.174 e. The molecule has 2 aromatic carbocycles. The largest absolute Gasteiger partial charge is 0.507 e. The van der Waals surface area contributed by atoms with E-state index < -0.39 is 5.78 Å². The van der Waals surface area contributed by atoms with Crippen LogP contribution >= 0.6 is 15.9 Å². The minimum absolute atomic E-state index is 0.104. The lowest BCUT2D eigenvalue weighted by atomic mass is 10.0. The molecule has 3 nitrogen and oxygen atoms in total. The molecular formula is C17H13BrO3. The highest BCUT2D eigenvalue weighted by atomic mass is 79.9. The maximum Gasteiger partial charge on any atom is 0.174 e. The van der Waals surface area contributed by atoms with Crippen molar-refractivity contribution in [2.45, 2.75) is 6.42 Å². The van der Waals surface area contributed by atoms with Crippen molar-refractivity contribution in [3.05, 3.63) is 70.2 Å². The third kappa shape index (κ3) is 4.39. The first kappa shape index (κ1) is 15.2. The van der Waals surface area contributed by atoms with Gasteiger partial charge in [-0.2, -0.15) is 0 Å². The summed E-state index contributed by atoms with van der Waals surface area (Å²) in [4.78, 5) is 23.7. The number of Topliss-reactive ketones (excluding diaryl/α,β-unsaturated/α-hetero) is 1. The van der Waals surface area contributed by atoms with Crippen molar-refractivity contribution in [2.75, 3.05) is 0 Å². The van der Waals surface area contributed by atoms with Crippen LogP contribution in [0.4, 0.5) is 0 Å². The molecule has 0 radical (unpaired) electrons. The number of hydrogen-bond donors (Lipinski definition) is 1. The van der Waals surface area contributed by atoms with E-state index in [4.69, 9.17) is 0 Å². The molecule has 2 rings (SSSR count). The molecule has 2 aromatic rings. The summed E-state index contributed by atoms with van der Waals surface area (Å²) >= 11 is 3.33. The van der Waals surface area contributed by atoms with Crippen LogP contribution in [0.3, 0.4) is 0 Å². The van der Waals surface area contributed by atoms with Gasteiger partial charge in [0.15, 0.2) is 11.6 Å². The minimum atomic E-state index is -0.390. The molecule has 0 fully saturated rings. The predicted octanol–water partition coefficient (Wildman–Crippen LogP) is 4.01. The van der Waals surface area contributed by atoms with E-state index in [0.717, 1.165) is 10.0 Å². The molecule has 4 heteroatoms. The average Bonchev–Trinajstić information content (AvgIpc) is 2.47. The van der Waals surface area contributed by atoms with Gasteiger partial charge >= 0.3 is 0 Å². The molecule has 0 heterocycles. The van der Waals surface area contributed by atoms with Gasteiger partial charge in [-0.25, -0.2) is 0 Å². The monoisotopic (exact) mass is 344 g/mol. The van der Waals surface area contributed by atoms with E-state index in [0.29, 0.717) is 0 Å². The van der Waals surface area contributed by atoms with E-state index in [1.54, 1.807) is 18.2 Å². The molecular weight excluding hydrogens is 332 g/mol. The Labute approximate surface area is 131 Å². The number of hydrogen-bond acceptors (Lipinski definition) is 3. The Morgan fingerprint density at radius 3 is 2.38 bits per heavy atom. The summed E-state index contributed by atoms with van der Waals surface area (Å²) in [6, 6.07) is 13.7. The number of allylic oxidation sites excluding steroid dienone is 1. The molecule has 0 atom stereocenters. The number of carbonyl (C=O) groups is 2. The van der Waals surface area contributed by atoms with E-state index >= 15 is 0 Å². The molecule has 0 aliphatic heterocycles. The Kier molecular flexibility index (Phi) is 5.06. The zero-order chi connectivity index (χ0) is 15.2. The van der Waals surface area contributed by atoms with E-state index in [2.05, 4.69) is 15.9 Å². The second-order valence-electron chi connectivity index (χ2n) is 4.47. The van der Waals surface area contributed by atoms with Crippen LogP contribution in [0.2, 0.25) is 0 Å². The lowest BCUT2D eigenvalue weighted by Crippen LogP contribution is -2.06. The summed E-state index contributed by atoms with van der Waals surface area (Å²) in [5.41, 5.74) is 1.05. The molecule has 0 spiro atoms. The van der Waals surface area contributed by atoms with Gasteiger partial charge in [0.05, 0.1) is 12.0 Å². The summed E-state index contributed by atoms with van der Waals surface area (Å²) < 4.78 is 0.959. The Bertz CT molecular complexity index is 687. The highest BCUT2D eigenvalue weighted by Gasteiger charge is 2.13. The molecule has 0 saturated carbocycles. The van der Waals surface area contributed by atoms with Gasteiger partial charge < -0.3 is 5.11 Å². The zero-order valence-electron chi connectivity index (χ0n) is 11.1. The number of para-hydroxylation sites is 1. The quantitative estimate of drug-likeness (QED) is 0.506. The fourth-order valence-corrected chi connectivity index (χ4v) is 2.05. The Morgan fingerprint density at radius 2 is 1.71 bits per heavy atom. The number of phenolic OH excluding ortho intramolecular Hbond substituents is 1. The van der Waals surface area contributed by atoms with Gasteiger partial charge in [0, 0.05) is 4.47 Å². The number of halogens is 1. The highest BCUT2D eigenvalue weighted by molar-refractivity contribution is 9.10. The van der Waals surface area contributed by atoms with E-state index in [1.807, 2.05) is 24.3 Å². The SMILES string of the molecule is O=C(/C=C/c1ccc(Br)cc1)CC(=O)c1ccccc1O. The number of rotatable bonds is 5. The Morgan fingerprint density at radius 1 is 1.05 bits per heavy atom. The molecule has 0 aromatic heterocycles. The second-order valence-corrected chi connectivity index (χ2v) is 5.38. The van der Waals surface area contributed by atoms with Crippen LogP contribution in [0.5, 0.6) is 5.75 Å². The normalized spacial score (nSPS) is 10.7. The first-order valence-corrected chi connectivity index (χ1v) is 7.13. The number of aromatic hydroxyl groups is 1. The maximum absolute atomic E-state index is 11.9. The molecule has 0 unspecified atom stereocenters. The second kappa shape index (κ2) is 6.99. The van der Waals surface area contributed by atoms with Gasteiger partial charge in [-0.15, -0.1) is 0 Å². The van der Waals surface area contributed by atoms with Crippen LogP contribution in [-0.4, -0.2) is 16.7 Å². The fraction of sp³-hybridized carbons (Fsp3) is 0.0588. The summed E-state index contributed by atoms with van der Waals surface area (Å²) in [7, 11) is 0. The molecule has 0 saturated heterocycles. The first-order chi connectivity index (χ1) is 10.1. The molecule has 1 N–H and O–H groups in total. The van der Waals surface area contributed by atoms with E-state index in [-0.39, 0.29) is 23.5 Å². The van der Waals surface area contributed by atoms with Crippen molar-refractivity contribution >= 4 is 33.6 Å². The van der Waals surface area contributed by atoms with Gasteiger partial charge in [-0.05, 0) is 35.9 Å². The third-order valence-corrected chi connectivity index (χ3v) is 3.40. The first-order valence-electron chi connectivity index (χ1n) is 6.34. The lowest BCUT2D eigenvalue weighted by molar-refractivity contribution is -0.113. The number of benzene rings is 2. The van der Waals surface area contributed by atoms with Crippen molar-refractivity contribution in [1.82, 2.24) is 0 Å². The van der Waals surface area contributed by atoms with Crippen molar-refractivity contribution < 1.29 is 14.7 Å². The Hall–Kier alpha value is -2.20. The topological polar surface area (TPSA) is 54.4 Å². The van der Waals surface area contributed by atoms with Crippen LogP contribution in [-0.2, 0) is 4.79 Å². The minimum Gasteiger partial charge on any atom is -0.507 e. The zero-order valence-corrected chi connectivity index (χ0v) is 12.7. The molecule has 0 aliphatic carbocycles. The summed E-state index contributed by atoms with van der Waals surface area (Å²) in [6.45, 7) is 0. The molecule has 0 amide bonds. The van der Waals surface area contributed by atoms with Gasteiger partial charge in [-0.3, -0.25) is 9.59 Å². The van der Waals surface area contributed by atoms with Gasteiger partial charge in [0.2, 0.25) is 0 Å². The van der Waals surface area contributed by atoms with Gasteiger partial charge in [0.1, 0.15) is 5.75 Å². The molecule has 0 bridgehead atoms. The van der Waals surface area contributed by atoms with Crippen LogP contribution in [0.1, 0.15) is 22.3 Å². The van der Waals surface area contributed by atoms with E-state index in [1.165, 1.54) is 18.2 Å². The fourth-order valence-electron chi connectivity index (χ4n) is 1.78. The third-order valence-electron chi connectivity index (χ3n) is 2.87. The van der Waals surface area contributed by atoms with Crippen LogP contribution < -0.4 is 0 Å². The van der Waals surface area contributed by atoms with Crippen molar-refractivity contribution in [3.8, 4) is 5.75 Å². The van der Waals surface area contributed by atoms with Crippen LogP contribution in [0.15, 0.2) is 59.1 Å². The molecule has 21 heavy (non-hydrogen) atoms. The summed E-state index contributed by atoms with van der Waals surface area (Å²) in [5, 5.41) is 9.57. The van der Waals surface area contributed by atoms with Gasteiger partial charge in [0.25, 0.3) is 0 Å². The number of ketones is 2. The summed E-state index contributed by atoms with van der Waals surface area (Å²) in [6.07, 6.45) is 2.78. The maximum atomic E-state index is 11.9. The standard InChI is InChI=1S/C17H13BrO3/c18-13-8-5-12(6-9-13)7-10-14(19)11-17(21)15-3-1-2-4-16(15)20/h1-10,20H,11H2/b10-7+. The average molecular weight is 345 g/mol. The Balaban J connectivity index is 2.00. The highest BCUT2D eigenvalue weighted by Crippen LogP contribution is 2.18. The van der Waals surface area contributed by atoms with Crippen LogP contribution in [0, 0.1) is 0 Å². The van der Waals surface area contributed by atoms with Crippen LogP contribution in [0.25, 0.3) is 6.08 Å². The number of phenols is 1. The number of carbonyl (C=O) groups excluding carboxylic acids is 2. The van der Waals surface area contributed by atoms with Crippen molar-refractivity contribution in [1.29, 1.82) is 0 Å². The summed E-state index contributed by atoms with van der Waals surface area (Å²) in [5.74, 6) is -0.795. The molecule has 106 valence electrons. The van der Waals surface area contributed by atoms with Crippen molar-refractivity contribution in [2.24, 2.45) is 0 Å². The van der Waals surface area contributed by atoms with Crippen molar-refractivity contribution in [3.63, 3.8) is 0 Å².